The molecule has 2 aromatic heterocycles. The third kappa shape index (κ3) is 5.48. The molecule has 41 heavy (non-hydrogen) atoms. The number of ether oxygens (including phenoxy) is 1. The SMILES string of the molecule is COc1ccc2c(c1)[nH]c1nc(N)nc(N3CCN(C(=S)Cc4ccc(S(=O)(=O)Nc5ccccc5)cc4)CC3)c12. The van der Waals surface area contributed by atoms with Crippen LogP contribution in [0.4, 0.5) is 17.5 Å². The Labute approximate surface area is 243 Å². The summed E-state index contributed by atoms with van der Waals surface area (Å²) in [5, 5.41) is 1.95. The predicted octanol–water partition coefficient (Wildman–Crippen LogP) is 4.19. The second kappa shape index (κ2) is 10.9. The molecule has 3 aromatic carbocycles. The number of nitrogen functional groups attached to an aromatic ring is 1. The normalized spacial score (nSPS) is 14.0. The quantitative estimate of drug-likeness (QED) is 0.240. The summed E-state index contributed by atoms with van der Waals surface area (Å²) in [5.74, 6) is 1.78. The Kier molecular flexibility index (Phi) is 7.10. The summed E-state index contributed by atoms with van der Waals surface area (Å²) in [6.07, 6.45) is 0.552. The second-order valence-electron chi connectivity index (χ2n) is 9.83. The number of nitrogens with two attached hydrogens (primary N) is 1. The molecule has 210 valence electrons. The molecule has 1 fully saturated rings. The summed E-state index contributed by atoms with van der Waals surface area (Å²) >= 11 is 5.79. The van der Waals surface area contributed by atoms with Gasteiger partial charge in [-0.25, -0.2) is 8.42 Å². The van der Waals surface area contributed by atoms with Gasteiger partial charge in [0.05, 0.1) is 27.9 Å². The average molecular weight is 588 g/mol. The number of rotatable bonds is 7. The number of anilines is 3. The molecule has 6 rings (SSSR count). The molecule has 0 spiro atoms. The standard InChI is InChI=1S/C29H29N7O3S2/c1-39-21-9-12-23-24(18-21)31-27-26(23)28(33-29(30)32-27)36-15-13-35(14-16-36)25(40)17-19-7-10-22(11-8-19)41(37,38)34-20-5-3-2-4-6-20/h2-12,18,34H,13-17H2,1H3,(H3,30,31,32,33). The summed E-state index contributed by atoms with van der Waals surface area (Å²) in [6.45, 7) is 2.90. The smallest absolute Gasteiger partial charge is 0.261 e. The van der Waals surface area contributed by atoms with Crippen LogP contribution in [0.2, 0.25) is 0 Å². The Bertz CT molecular complexity index is 1830. The number of aromatic nitrogens is 3. The minimum Gasteiger partial charge on any atom is -0.497 e. The first-order valence-electron chi connectivity index (χ1n) is 13.1. The monoisotopic (exact) mass is 587 g/mol. The van der Waals surface area contributed by atoms with Crippen LogP contribution in [0.25, 0.3) is 21.9 Å². The minimum absolute atomic E-state index is 0.204. The molecule has 1 aliphatic rings. The maximum absolute atomic E-state index is 12.7. The van der Waals surface area contributed by atoms with Gasteiger partial charge in [-0.15, -0.1) is 0 Å². The molecule has 4 N–H and O–H groups in total. The number of nitrogens with one attached hydrogen (secondary N) is 2. The van der Waals surface area contributed by atoms with Gasteiger partial charge in [-0.05, 0) is 42.0 Å². The molecular formula is C29H29N7O3S2. The number of methoxy groups -OCH3 is 1. The number of benzene rings is 3. The molecule has 10 nitrogen and oxygen atoms in total. The van der Waals surface area contributed by atoms with Crippen LogP contribution in [0, 0.1) is 0 Å². The van der Waals surface area contributed by atoms with E-state index in [2.05, 4.69) is 29.5 Å². The highest BCUT2D eigenvalue weighted by Crippen LogP contribution is 2.34. The second-order valence-corrected chi connectivity index (χ2v) is 12.0. The Morgan fingerprint density at radius 3 is 2.46 bits per heavy atom. The Balaban J connectivity index is 1.12. The summed E-state index contributed by atoms with van der Waals surface area (Å²) in [6, 6.07) is 21.6. The van der Waals surface area contributed by atoms with Crippen LogP contribution in [-0.4, -0.2) is 66.5 Å². The van der Waals surface area contributed by atoms with Gasteiger partial charge in [0.2, 0.25) is 5.95 Å². The topological polar surface area (TPSA) is 129 Å². The van der Waals surface area contributed by atoms with E-state index in [4.69, 9.17) is 22.7 Å². The molecule has 0 bridgehead atoms. The van der Waals surface area contributed by atoms with Gasteiger partial charge < -0.3 is 25.3 Å². The number of sulfonamides is 1. The van der Waals surface area contributed by atoms with E-state index in [1.54, 1.807) is 43.5 Å². The summed E-state index contributed by atoms with van der Waals surface area (Å²) in [4.78, 5) is 17.8. The van der Waals surface area contributed by atoms with Crippen LogP contribution >= 0.6 is 12.2 Å². The van der Waals surface area contributed by atoms with E-state index in [0.29, 0.717) is 17.8 Å². The van der Waals surface area contributed by atoms with Crippen LogP contribution in [0.15, 0.2) is 77.7 Å². The van der Waals surface area contributed by atoms with E-state index in [1.807, 2.05) is 36.4 Å². The molecule has 0 aliphatic carbocycles. The summed E-state index contributed by atoms with van der Waals surface area (Å²) < 4.78 is 33.5. The number of thiocarbonyl (C=S) groups is 1. The zero-order valence-electron chi connectivity index (χ0n) is 22.4. The van der Waals surface area contributed by atoms with Crippen LogP contribution in [-0.2, 0) is 16.4 Å². The number of H-pyrrole nitrogens is 1. The van der Waals surface area contributed by atoms with Gasteiger partial charge in [0, 0.05) is 49.7 Å². The molecule has 0 atom stereocenters. The number of fused-ring (bicyclic) bond motifs is 3. The first-order chi connectivity index (χ1) is 19.8. The van der Waals surface area contributed by atoms with Crippen LogP contribution < -0.4 is 20.1 Å². The Morgan fingerprint density at radius 1 is 1.02 bits per heavy atom. The van der Waals surface area contributed by atoms with Crippen LogP contribution in [0.3, 0.4) is 0 Å². The molecule has 0 radical (unpaired) electrons. The Morgan fingerprint density at radius 2 is 1.76 bits per heavy atom. The molecule has 1 aliphatic heterocycles. The van der Waals surface area contributed by atoms with Crippen molar-refractivity contribution < 1.29 is 13.2 Å². The van der Waals surface area contributed by atoms with E-state index in [9.17, 15) is 8.42 Å². The first kappa shape index (κ1) is 26.8. The summed E-state index contributed by atoms with van der Waals surface area (Å²) in [5.41, 5.74) is 9.16. The maximum Gasteiger partial charge on any atom is 0.261 e. The lowest BCUT2D eigenvalue weighted by atomic mass is 10.1. The number of aromatic amines is 1. The third-order valence-electron chi connectivity index (χ3n) is 7.20. The van der Waals surface area contributed by atoms with Crippen molar-refractivity contribution in [2.75, 3.05) is 48.6 Å². The van der Waals surface area contributed by atoms with Gasteiger partial charge in [-0.3, -0.25) is 4.72 Å². The minimum atomic E-state index is -3.67. The third-order valence-corrected chi connectivity index (χ3v) is 9.00. The molecule has 3 heterocycles. The first-order valence-corrected chi connectivity index (χ1v) is 15.0. The molecule has 5 aromatic rings. The lowest BCUT2D eigenvalue weighted by molar-refractivity contribution is 0.386. The lowest BCUT2D eigenvalue weighted by Crippen LogP contribution is -2.49. The molecule has 0 amide bonds. The van der Waals surface area contributed by atoms with E-state index in [1.165, 1.54) is 0 Å². The molecule has 0 saturated carbocycles. The molecule has 12 heteroatoms. The number of para-hydroxylation sites is 1. The highest BCUT2D eigenvalue weighted by molar-refractivity contribution is 7.92. The van der Waals surface area contributed by atoms with Crippen molar-refractivity contribution in [1.29, 1.82) is 0 Å². The molecule has 0 unspecified atom stereocenters. The van der Waals surface area contributed by atoms with Crippen LogP contribution in [0.5, 0.6) is 5.75 Å². The average Bonchev–Trinajstić information content (AvgIpc) is 3.34. The van der Waals surface area contributed by atoms with Gasteiger partial charge in [-0.1, -0.05) is 42.5 Å². The van der Waals surface area contributed by atoms with Gasteiger partial charge in [0.15, 0.2) is 0 Å². The number of hydrogen-bond acceptors (Lipinski definition) is 8. The molecular weight excluding hydrogens is 558 g/mol. The van der Waals surface area contributed by atoms with Crippen molar-refractivity contribution in [3.63, 3.8) is 0 Å². The highest BCUT2D eigenvalue weighted by atomic mass is 32.2. The fraction of sp³-hybridized carbons (Fsp3) is 0.207. The van der Waals surface area contributed by atoms with Crippen molar-refractivity contribution in [3.8, 4) is 5.75 Å². The van der Waals surface area contributed by atoms with Crippen molar-refractivity contribution in [2.45, 2.75) is 11.3 Å². The van der Waals surface area contributed by atoms with E-state index in [-0.39, 0.29) is 10.8 Å². The number of hydrogen-bond donors (Lipinski definition) is 3. The molecule has 1 saturated heterocycles. The van der Waals surface area contributed by atoms with E-state index in [0.717, 1.165) is 64.6 Å². The number of nitrogens with zero attached hydrogens (tertiary/aromatic N) is 4. The van der Waals surface area contributed by atoms with E-state index < -0.39 is 10.0 Å². The predicted molar refractivity (Wildman–Crippen MR) is 166 cm³/mol. The zero-order valence-corrected chi connectivity index (χ0v) is 24.0. The van der Waals surface area contributed by atoms with Crippen molar-refractivity contribution in [2.24, 2.45) is 0 Å². The van der Waals surface area contributed by atoms with Crippen molar-refractivity contribution >= 4 is 66.6 Å². The van der Waals surface area contributed by atoms with Crippen molar-refractivity contribution in [1.82, 2.24) is 19.9 Å². The largest absolute Gasteiger partial charge is 0.497 e. The van der Waals surface area contributed by atoms with E-state index >= 15 is 0 Å². The van der Waals surface area contributed by atoms with Gasteiger partial charge in [-0.2, -0.15) is 9.97 Å². The fourth-order valence-electron chi connectivity index (χ4n) is 5.09. The number of piperazine rings is 1. The van der Waals surface area contributed by atoms with Gasteiger partial charge >= 0.3 is 0 Å². The fourth-order valence-corrected chi connectivity index (χ4v) is 6.50. The van der Waals surface area contributed by atoms with Crippen molar-refractivity contribution in [3.05, 3.63) is 78.4 Å². The van der Waals surface area contributed by atoms with Crippen LogP contribution in [0.1, 0.15) is 5.56 Å². The highest BCUT2D eigenvalue weighted by Gasteiger charge is 2.24. The van der Waals surface area contributed by atoms with Gasteiger partial charge in [0.25, 0.3) is 10.0 Å². The maximum atomic E-state index is 12.7. The summed E-state index contributed by atoms with van der Waals surface area (Å²) in [7, 11) is -2.03. The Hall–Kier alpha value is -4.42. The van der Waals surface area contributed by atoms with Gasteiger partial charge in [0.1, 0.15) is 17.2 Å². The zero-order chi connectivity index (χ0) is 28.6. The lowest BCUT2D eigenvalue weighted by Gasteiger charge is -2.37.